The van der Waals surface area contributed by atoms with E-state index in [1.54, 1.807) is 12.1 Å². The molecule has 1 unspecified atom stereocenters. The Bertz CT molecular complexity index is 370. The van der Waals surface area contributed by atoms with Crippen molar-refractivity contribution >= 4 is 28.8 Å². The summed E-state index contributed by atoms with van der Waals surface area (Å²) in [4.78, 5) is 12.3. The van der Waals surface area contributed by atoms with Gasteiger partial charge in [0.25, 0.3) is 0 Å². The van der Waals surface area contributed by atoms with Gasteiger partial charge in [-0.15, -0.1) is 11.3 Å². The fourth-order valence-corrected chi connectivity index (χ4v) is 2.11. The van der Waals surface area contributed by atoms with E-state index in [2.05, 4.69) is 5.32 Å². The Kier molecular flexibility index (Phi) is 4.35. The van der Waals surface area contributed by atoms with Crippen molar-refractivity contribution in [1.29, 1.82) is 0 Å². The minimum atomic E-state index is -0.691. The van der Waals surface area contributed by atoms with Crippen molar-refractivity contribution in [2.45, 2.75) is 26.9 Å². The SMILES string of the molecule is CC(C)(C)C(=O)NCC(O)c1ccc(Cl)s1. The zero-order valence-electron chi connectivity index (χ0n) is 9.58. The van der Waals surface area contributed by atoms with Crippen molar-refractivity contribution in [2.24, 2.45) is 5.41 Å². The van der Waals surface area contributed by atoms with Crippen LogP contribution in [-0.4, -0.2) is 17.6 Å². The lowest BCUT2D eigenvalue weighted by Gasteiger charge is -2.19. The summed E-state index contributed by atoms with van der Waals surface area (Å²) in [5.74, 6) is -0.0748. The molecule has 0 spiro atoms. The monoisotopic (exact) mass is 261 g/mol. The van der Waals surface area contributed by atoms with Gasteiger partial charge in [0.1, 0.15) is 6.10 Å². The van der Waals surface area contributed by atoms with Crippen LogP contribution in [0.1, 0.15) is 31.8 Å². The highest BCUT2D eigenvalue weighted by Gasteiger charge is 2.22. The van der Waals surface area contributed by atoms with Crippen LogP contribution in [0.2, 0.25) is 4.34 Å². The Morgan fingerprint density at radius 1 is 1.56 bits per heavy atom. The van der Waals surface area contributed by atoms with Gasteiger partial charge in [0.15, 0.2) is 0 Å². The first-order chi connectivity index (χ1) is 7.30. The van der Waals surface area contributed by atoms with Crippen LogP contribution in [-0.2, 0) is 4.79 Å². The van der Waals surface area contributed by atoms with E-state index >= 15 is 0 Å². The Labute approximate surface area is 104 Å². The van der Waals surface area contributed by atoms with E-state index in [0.717, 1.165) is 4.88 Å². The molecule has 0 aromatic carbocycles. The molecule has 1 aromatic heterocycles. The number of amides is 1. The Morgan fingerprint density at radius 3 is 2.62 bits per heavy atom. The summed E-state index contributed by atoms with van der Waals surface area (Å²) in [6, 6.07) is 3.50. The van der Waals surface area contributed by atoms with E-state index in [9.17, 15) is 9.90 Å². The lowest BCUT2D eigenvalue weighted by atomic mass is 9.96. The minimum absolute atomic E-state index is 0.0748. The number of rotatable bonds is 3. The number of thiophene rings is 1. The quantitative estimate of drug-likeness (QED) is 0.879. The van der Waals surface area contributed by atoms with Crippen molar-refractivity contribution in [3.05, 3.63) is 21.3 Å². The molecule has 0 aliphatic heterocycles. The zero-order valence-corrected chi connectivity index (χ0v) is 11.2. The molecule has 0 aliphatic rings. The highest BCUT2D eigenvalue weighted by Crippen LogP contribution is 2.26. The largest absolute Gasteiger partial charge is 0.386 e. The number of nitrogens with one attached hydrogen (secondary N) is 1. The third-order valence-corrected chi connectivity index (χ3v) is 3.39. The number of aliphatic hydroxyl groups excluding tert-OH is 1. The van der Waals surface area contributed by atoms with Gasteiger partial charge in [-0.3, -0.25) is 4.79 Å². The number of halogens is 1. The van der Waals surface area contributed by atoms with Crippen LogP contribution in [0.4, 0.5) is 0 Å². The van der Waals surface area contributed by atoms with Crippen molar-refractivity contribution in [1.82, 2.24) is 5.32 Å². The number of aliphatic hydroxyl groups is 1. The minimum Gasteiger partial charge on any atom is -0.386 e. The highest BCUT2D eigenvalue weighted by atomic mass is 35.5. The van der Waals surface area contributed by atoms with E-state index in [1.165, 1.54) is 11.3 Å². The zero-order chi connectivity index (χ0) is 12.3. The molecule has 1 rings (SSSR count). The fraction of sp³-hybridized carbons (Fsp3) is 0.545. The predicted octanol–water partition coefficient (Wildman–Crippen LogP) is 2.60. The third-order valence-electron chi connectivity index (χ3n) is 2.06. The smallest absolute Gasteiger partial charge is 0.225 e. The normalized spacial score (nSPS) is 13.6. The first kappa shape index (κ1) is 13.5. The van der Waals surface area contributed by atoms with E-state index in [4.69, 9.17) is 11.6 Å². The standard InChI is InChI=1S/C11H16ClNO2S/c1-11(2,3)10(15)13-6-7(14)8-4-5-9(12)16-8/h4-5,7,14H,6H2,1-3H3,(H,13,15). The number of hydrogen-bond acceptors (Lipinski definition) is 3. The Balaban J connectivity index is 2.48. The van der Waals surface area contributed by atoms with Gasteiger partial charge in [-0.2, -0.15) is 0 Å². The molecule has 2 N–H and O–H groups in total. The number of carbonyl (C=O) groups excluding carboxylic acids is 1. The van der Waals surface area contributed by atoms with Gasteiger partial charge in [-0.1, -0.05) is 32.4 Å². The Morgan fingerprint density at radius 2 is 2.19 bits per heavy atom. The molecule has 5 heteroatoms. The van der Waals surface area contributed by atoms with Gasteiger partial charge < -0.3 is 10.4 Å². The molecular weight excluding hydrogens is 246 g/mol. The molecule has 0 saturated heterocycles. The van der Waals surface area contributed by atoms with Gasteiger partial charge in [0, 0.05) is 16.8 Å². The molecule has 1 heterocycles. The van der Waals surface area contributed by atoms with Crippen molar-refractivity contribution in [2.75, 3.05) is 6.54 Å². The summed E-state index contributed by atoms with van der Waals surface area (Å²) in [5.41, 5.74) is -0.438. The van der Waals surface area contributed by atoms with Gasteiger partial charge in [-0.25, -0.2) is 0 Å². The summed E-state index contributed by atoms with van der Waals surface area (Å²) >= 11 is 7.08. The summed E-state index contributed by atoms with van der Waals surface area (Å²) in [6.07, 6.45) is -0.691. The van der Waals surface area contributed by atoms with Crippen molar-refractivity contribution in [3.8, 4) is 0 Å². The highest BCUT2D eigenvalue weighted by molar-refractivity contribution is 7.16. The summed E-state index contributed by atoms with van der Waals surface area (Å²) in [7, 11) is 0. The molecular formula is C11H16ClNO2S. The summed E-state index contributed by atoms with van der Waals surface area (Å²) in [6.45, 7) is 5.71. The first-order valence-corrected chi connectivity index (χ1v) is 6.22. The molecule has 1 atom stereocenters. The molecule has 0 bridgehead atoms. The van der Waals surface area contributed by atoms with Crippen LogP contribution in [0.5, 0.6) is 0 Å². The van der Waals surface area contributed by atoms with Crippen LogP contribution in [0.15, 0.2) is 12.1 Å². The number of carbonyl (C=O) groups is 1. The van der Waals surface area contributed by atoms with E-state index in [0.29, 0.717) is 4.34 Å². The molecule has 0 fully saturated rings. The summed E-state index contributed by atoms with van der Waals surface area (Å²) in [5, 5.41) is 12.5. The molecule has 90 valence electrons. The average molecular weight is 262 g/mol. The predicted molar refractivity (Wildman–Crippen MR) is 66.8 cm³/mol. The van der Waals surface area contributed by atoms with Gasteiger partial charge in [-0.05, 0) is 12.1 Å². The molecule has 3 nitrogen and oxygen atoms in total. The van der Waals surface area contributed by atoms with E-state index < -0.39 is 11.5 Å². The average Bonchev–Trinajstić information content (AvgIpc) is 2.59. The topological polar surface area (TPSA) is 49.3 Å². The maximum Gasteiger partial charge on any atom is 0.225 e. The van der Waals surface area contributed by atoms with Crippen LogP contribution < -0.4 is 5.32 Å². The second kappa shape index (κ2) is 5.17. The molecule has 0 radical (unpaired) electrons. The first-order valence-electron chi connectivity index (χ1n) is 5.02. The van der Waals surface area contributed by atoms with Gasteiger partial charge in [0.2, 0.25) is 5.91 Å². The van der Waals surface area contributed by atoms with Crippen LogP contribution >= 0.6 is 22.9 Å². The lowest BCUT2D eigenvalue weighted by molar-refractivity contribution is -0.128. The second-order valence-corrected chi connectivity index (χ2v) is 6.36. The fourth-order valence-electron chi connectivity index (χ4n) is 1.06. The van der Waals surface area contributed by atoms with E-state index in [-0.39, 0.29) is 12.5 Å². The maximum atomic E-state index is 11.6. The van der Waals surface area contributed by atoms with Gasteiger partial charge in [0.05, 0.1) is 4.34 Å². The van der Waals surface area contributed by atoms with Crippen LogP contribution in [0, 0.1) is 5.41 Å². The molecule has 1 aromatic rings. The lowest BCUT2D eigenvalue weighted by Crippen LogP contribution is -2.37. The number of hydrogen-bond donors (Lipinski definition) is 2. The Hall–Kier alpha value is -0.580. The molecule has 0 aliphatic carbocycles. The summed E-state index contributed by atoms with van der Waals surface area (Å²) < 4.78 is 0.635. The van der Waals surface area contributed by atoms with Crippen molar-refractivity contribution in [3.63, 3.8) is 0 Å². The second-order valence-electron chi connectivity index (χ2n) is 4.62. The van der Waals surface area contributed by atoms with Gasteiger partial charge >= 0.3 is 0 Å². The third kappa shape index (κ3) is 3.77. The van der Waals surface area contributed by atoms with Crippen LogP contribution in [0.25, 0.3) is 0 Å². The maximum absolute atomic E-state index is 11.6. The van der Waals surface area contributed by atoms with E-state index in [1.807, 2.05) is 20.8 Å². The molecule has 16 heavy (non-hydrogen) atoms. The van der Waals surface area contributed by atoms with Crippen LogP contribution in [0.3, 0.4) is 0 Å². The molecule has 0 saturated carbocycles. The molecule has 1 amide bonds. The van der Waals surface area contributed by atoms with Crippen molar-refractivity contribution < 1.29 is 9.90 Å².